The second-order valence-corrected chi connectivity index (χ2v) is 10.2. The molecule has 5 rings (SSSR count). The van der Waals surface area contributed by atoms with E-state index in [1.165, 1.54) is 0 Å². The number of hydrogen-bond donors (Lipinski definition) is 2. The van der Waals surface area contributed by atoms with Crippen molar-refractivity contribution < 1.29 is 9.53 Å². The summed E-state index contributed by atoms with van der Waals surface area (Å²) in [5, 5.41) is 18.9. The van der Waals surface area contributed by atoms with Crippen LogP contribution in [0.5, 0.6) is 5.88 Å². The number of nitrogens with one attached hydrogen (secondary N) is 2. The predicted molar refractivity (Wildman–Crippen MR) is 135 cm³/mol. The maximum atomic E-state index is 13.1. The molecular weight excluding hydrogens is 464 g/mol. The highest BCUT2D eigenvalue weighted by atomic mass is 35.5. The fourth-order valence-electron chi connectivity index (χ4n) is 4.32. The van der Waals surface area contributed by atoms with Gasteiger partial charge in [-0.1, -0.05) is 38.4 Å². The van der Waals surface area contributed by atoms with Crippen molar-refractivity contribution in [1.82, 2.24) is 30.5 Å². The van der Waals surface area contributed by atoms with Crippen molar-refractivity contribution >= 4 is 34.6 Å². The average Bonchev–Trinajstić information content (AvgIpc) is 3.39. The Morgan fingerprint density at radius 3 is 2.74 bits per heavy atom. The summed E-state index contributed by atoms with van der Waals surface area (Å²) in [5.74, 6) is 0.417. The molecule has 4 aromatic rings. The molecule has 3 heterocycles. The molecule has 8 nitrogen and oxygen atoms in total. The lowest BCUT2D eigenvalue weighted by atomic mass is 9.83. The third-order valence-electron chi connectivity index (χ3n) is 6.25. The van der Waals surface area contributed by atoms with E-state index < -0.39 is 0 Å². The zero-order chi connectivity index (χ0) is 24.7. The number of amides is 1. The number of halogens is 1. The molecule has 9 heteroatoms. The Morgan fingerprint density at radius 1 is 1.14 bits per heavy atom. The Morgan fingerprint density at radius 2 is 1.94 bits per heavy atom. The molecule has 1 aliphatic rings. The largest absolute Gasteiger partial charge is 0.471 e. The normalized spacial score (nSPS) is 13.7. The molecule has 1 aliphatic heterocycles. The highest BCUT2D eigenvalue weighted by Gasteiger charge is 2.23. The Kier molecular flexibility index (Phi) is 5.84. The summed E-state index contributed by atoms with van der Waals surface area (Å²) >= 11 is 6.40. The van der Waals surface area contributed by atoms with E-state index in [0.29, 0.717) is 36.5 Å². The lowest BCUT2D eigenvalue weighted by Gasteiger charge is -2.24. The predicted octanol–water partition coefficient (Wildman–Crippen LogP) is 5.19. The number of H-pyrrole nitrogens is 2. The van der Waals surface area contributed by atoms with Gasteiger partial charge < -0.3 is 9.64 Å². The van der Waals surface area contributed by atoms with Gasteiger partial charge in [0.25, 0.3) is 5.91 Å². The molecule has 0 spiro atoms. The van der Waals surface area contributed by atoms with Crippen molar-refractivity contribution in [2.45, 2.75) is 46.1 Å². The maximum Gasteiger partial charge on any atom is 0.257 e. The van der Waals surface area contributed by atoms with E-state index in [1.807, 2.05) is 19.1 Å². The van der Waals surface area contributed by atoms with Crippen LogP contribution in [-0.2, 0) is 18.4 Å². The van der Waals surface area contributed by atoms with Crippen molar-refractivity contribution in [2.75, 3.05) is 6.54 Å². The van der Waals surface area contributed by atoms with Crippen molar-refractivity contribution in [3.05, 3.63) is 75.1 Å². The molecule has 2 aromatic heterocycles. The van der Waals surface area contributed by atoms with Crippen molar-refractivity contribution in [3.63, 3.8) is 0 Å². The molecule has 0 atom stereocenters. The van der Waals surface area contributed by atoms with Crippen molar-refractivity contribution in [1.29, 1.82) is 0 Å². The highest BCUT2D eigenvalue weighted by Crippen LogP contribution is 2.32. The number of ether oxygens (including phenoxy) is 1. The van der Waals surface area contributed by atoms with E-state index in [-0.39, 0.29) is 11.3 Å². The minimum atomic E-state index is -0.0989. The van der Waals surface area contributed by atoms with Gasteiger partial charge in [0.1, 0.15) is 17.6 Å². The Hall–Kier alpha value is -3.65. The van der Waals surface area contributed by atoms with Gasteiger partial charge in [-0.25, -0.2) is 0 Å². The van der Waals surface area contributed by atoms with E-state index in [0.717, 1.165) is 38.5 Å². The van der Waals surface area contributed by atoms with Gasteiger partial charge in [-0.3, -0.25) is 9.89 Å². The SMILES string of the molecule is Cc1cc(COc2n[nH]c3c2C=CN(C(=O)c2ccc4n[nH]nc4c2)CC3)c(C(C)(C)C)cc1Cl. The van der Waals surface area contributed by atoms with Gasteiger partial charge >= 0.3 is 0 Å². The Bertz CT molecular complexity index is 1450. The van der Waals surface area contributed by atoms with Crippen LogP contribution in [0, 0.1) is 6.92 Å². The Labute approximate surface area is 208 Å². The summed E-state index contributed by atoms with van der Waals surface area (Å²) in [6.45, 7) is 9.36. The molecule has 0 saturated carbocycles. The van der Waals surface area contributed by atoms with E-state index in [2.05, 4.69) is 52.4 Å². The molecule has 0 bridgehead atoms. The van der Waals surface area contributed by atoms with Gasteiger partial charge in [0.15, 0.2) is 0 Å². The average molecular weight is 491 g/mol. The second-order valence-electron chi connectivity index (χ2n) is 9.81. The molecule has 1 amide bonds. The standard InChI is InChI=1S/C26H27ClN6O2/c1-15-11-17(19(13-20(15)27)26(2,3)4)14-35-24-18-7-9-33(10-8-21(18)28-31-24)25(34)16-5-6-22-23(12-16)30-32-29-22/h5-7,9,11-13H,8,10,14H2,1-4H3,(H,28,31)(H,29,30,32). The first kappa shape index (κ1) is 23.1. The van der Waals surface area contributed by atoms with Gasteiger partial charge in [-0.2, -0.15) is 15.4 Å². The van der Waals surface area contributed by atoms with Crippen LogP contribution < -0.4 is 4.74 Å². The van der Waals surface area contributed by atoms with Crippen LogP contribution in [0.4, 0.5) is 0 Å². The molecule has 0 saturated heterocycles. The summed E-state index contributed by atoms with van der Waals surface area (Å²) in [6.07, 6.45) is 4.30. The number of fused-ring (bicyclic) bond motifs is 2. The zero-order valence-electron chi connectivity index (χ0n) is 20.1. The summed E-state index contributed by atoms with van der Waals surface area (Å²) in [4.78, 5) is 14.8. The van der Waals surface area contributed by atoms with Gasteiger partial charge in [-0.05, 0) is 59.4 Å². The number of aromatic amines is 2. The fourth-order valence-corrected chi connectivity index (χ4v) is 4.49. The van der Waals surface area contributed by atoms with Crippen LogP contribution in [-0.4, -0.2) is 43.0 Å². The van der Waals surface area contributed by atoms with Crippen LogP contribution in [0.25, 0.3) is 17.1 Å². The van der Waals surface area contributed by atoms with E-state index in [1.54, 1.807) is 29.3 Å². The monoisotopic (exact) mass is 490 g/mol. The first-order chi connectivity index (χ1) is 16.7. The number of benzene rings is 2. The number of carbonyl (C=O) groups is 1. The number of aryl methyl sites for hydroxylation is 1. The molecule has 0 unspecified atom stereocenters. The number of hydrogen-bond acceptors (Lipinski definition) is 5. The smallest absolute Gasteiger partial charge is 0.257 e. The van der Waals surface area contributed by atoms with Crippen molar-refractivity contribution in [3.8, 4) is 5.88 Å². The number of aromatic nitrogens is 5. The van der Waals surface area contributed by atoms with Gasteiger partial charge in [0.05, 0.1) is 5.56 Å². The number of nitrogens with zero attached hydrogens (tertiary/aromatic N) is 4. The maximum absolute atomic E-state index is 13.1. The quantitative estimate of drug-likeness (QED) is 0.410. The van der Waals surface area contributed by atoms with Crippen LogP contribution >= 0.6 is 11.6 Å². The molecule has 180 valence electrons. The third-order valence-corrected chi connectivity index (χ3v) is 6.66. The molecule has 0 fully saturated rings. The number of carbonyl (C=O) groups excluding carboxylic acids is 1. The van der Waals surface area contributed by atoms with E-state index in [9.17, 15) is 4.79 Å². The lowest BCUT2D eigenvalue weighted by Crippen LogP contribution is -2.27. The van der Waals surface area contributed by atoms with Gasteiger partial charge in [-0.15, -0.1) is 5.10 Å². The Balaban J connectivity index is 1.35. The molecule has 2 N–H and O–H groups in total. The second kappa shape index (κ2) is 8.85. The third kappa shape index (κ3) is 4.53. The molecular formula is C26H27ClN6O2. The minimum absolute atomic E-state index is 0.0751. The summed E-state index contributed by atoms with van der Waals surface area (Å²) in [6, 6.07) is 9.41. The van der Waals surface area contributed by atoms with E-state index >= 15 is 0 Å². The first-order valence-electron chi connectivity index (χ1n) is 11.5. The van der Waals surface area contributed by atoms with Crippen LogP contribution in [0.15, 0.2) is 36.5 Å². The molecule has 0 aliphatic carbocycles. The fraction of sp³-hybridized carbons (Fsp3) is 0.308. The van der Waals surface area contributed by atoms with Gasteiger partial charge in [0.2, 0.25) is 5.88 Å². The first-order valence-corrected chi connectivity index (χ1v) is 11.9. The minimum Gasteiger partial charge on any atom is -0.471 e. The zero-order valence-corrected chi connectivity index (χ0v) is 20.9. The highest BCUT2D eigenvalue weighted by molar-refractivity contribution is 6.31. The van der Waals surface area contributed by atoms with E-state index in [4.69, 9.17) is 16.3 Å². The topological polar surface area (TPSA) is 99.8 Å². The van der Waals surface area contributed by atoms with Crippen molar-refractivity contribution in [2.24, 2.45) is 0 Å². The molecule has 2 aromatic carbocycles. The lowest BCUT2D eigenvalue weighted by molar-refractivity contribution is 0.0825. The summed E-state index contributed by atoms with van der Waals surface area (Å²) in [7, 11) is 0. The molecule has 0 radical (unpaired) electrons. The summed E-state index contributed by atoms with van der Waals surface area (Å²) in [5.41, 5.74) is 6.89. The van der Waals surface area contributed by atoms with Crippen LogP contribution in [0.1, 0.15) is 59.1 Å². The van der Waals surface area contributed by atoms with Gasteiger partial charge in [0, 0.05) is 35.4 Å². The summed E-state index contributed by atoms with van der Waals surface area (Å²) < 4.78 is 6.18. The number of rotatable bonds is 4. The molecule has 35 heavy (non-hydrogen) atoms. The van der Waals surface area contributed by atoms with Crippen LogP contribution in [0.2, 0.25) is 5.02 Å². The van der Waals surface area contributed by atoms with Crippen LogP contribution in [0.3, 0.4) is 0 Å².